The van der Waals surface area contributed by atoms with Gasteiger partial charge in [0.15, 0.2) is 5.58 Å². The van der Waals surface area contributed by atoms with Crippen LogP contribution < -0.4 is 0 Å². The summed E-state index contributed by atoms with van der Waals surface area (Å²) < 4.78 is 31.1. The van der Waals surface area contributed by atoms with Gasteiger partial charge in [-0.05, 0) is 79.0 Å². The minimum atomic E-state index is -0.635. The molecule has 0 atom stereocenters. The van der Waals surface area contributed by atoms with E-state index < -0.39 is 36.6 Å². The number of nitrogens with zero attached hydrogens (tertiary/aromatic N) is 1. The molecule has 0 radical (unpaired) electrons. The molecule has 0 spiro atoms. The summed E-state index contributed by atoms with van der Waals surface area (Å²) in [4.78, 5) is 4.58. The number of aromatic nitrogens is 1. The summed E-state index contributed by atoms with van der Waals surface area (Å²) >= 11 is 0. The van der Waals surface area contributed by atoms with Gasteiger partial charge in [-0.1, -0.05) is 12.1 Å². The van der Waals surface area contributed by atoms with Crippen LogP contribution in [0.1, 0.15) is 61.3 Å². The zero-order valence-electron chi connectivity index (χ0n) is 18.5. The Morgan fingerprint density at radius 2 is 1.21 bits per heavy atom. The summed E-state index contributed by atoms with van der Waals surface area (Å²) in [7, 11) is -1.27. The Kier molecular flexibility index (Phi) is 4.59. The van der Waals surface area contributed by atoms with E-state index in [0.717, 1.165) is 11.1 Å². The van der Waals surface area contributed by atoms with E-state index in [1.54, 1.807) is 0 Å². The number of rotatable bonds is 3. The molecule has 2 aromatic rings. The number of hydrogen-bond donors (Lipinski definition) is 0. The van der Waals surface area contributed by atoms with Gasteiger partial charge in [-0.15, -0.1) is 0 Å². The second-order valence-corrected chi connectivity index (χ2v) is 9.84. The van der Waals surface area contributed by atoms with Gasteiger partial charge < -0.3 is 23.0 Å². The van der Waals surface area contributed by atoms with Crippen LogP contribution in [0.2, 0.25) is 0 Å². The van der Waals surface area contributed by atoms with Crippen molar-refractivity contribution in [3.8, 4) is 0 Å². The molecule has 1 aromatic heterocycles. The van der Waals surface area contributed by atoms with Crippen molar-refractivity contribution in [2.45, 2.75) is 77.8 Å². The van der Waals surface area contributed by atoms with Crippen LogP contribution in [0.3, 0.4) is 0 Å². The molecule has 0 bridgehead atoms. The predicted octanol–water partition coefficient (Wildman–Crippen LogP) is 4.47. The van der Waals surface area contributed by atoms with Crippen LogP contribution in [0.15, 0.2) is 34.1 Å². The largest absolute Gasteiger partial charge is 0.486 e. The third-order valence-corrected chi connectivity index (χ3v) is 6.65. The van der Waals surface area contributed by atoms with Crippen molar-refractivity contribution in [2.75, 3.05) is 0 Å². The monoisotopic (exact) mass is 397 g/mol. The standard InChI is InChI=1S/C21H29B2NO5/c1-18(2)19(3,4)27-22(26-18)16(23-28-20(5,6)21(7,8)29-23)13-17-24-14-11-9-10-12-15(14)25-17/h9-13H,1-8H3. The quantitative estimate of drug-likeness (QED) is 0.713. The van der Waals surface area contributed by atoms with Gasteiger partial charge in [0.2, 0.25) is 5.89 Å². The summed E-state index contributed by atoms with van der Waals surface area (Å²) in [6.07, 6.45) is 1.82. The fraction of sp³-hybridized carbons (Fsp3) is 0.571. The van der Waals surface area contributed by atoms with Gasteiger partial charge in [0.1, 0.15) is 5.52 Å². The van der Waals surface area contributed by atoms with E-state index in [1.807, 2.05) is 85.7 Å². The first kappa shape index (κ1) is 20.7. The lowest BCUT2D eigenvalue weighted by Crippen LogP contribution is -2.41. The predicted molar refractivity (Wildman–Crippen MR) is 114 cm³/mol. The number of fused-ring (bicyclic) bond motifs is 1. The van der Waals surface area contributed by atoms with Crippen LogP contribution in [0.5, 0.6) is 0 Å². The highest BCUT2D eigenvalue weighted by atomic mass is 16.7. The minimum Gasteiger partial charge on any atom is -0.437 e. The molecule has 0 saturated carbocycles. The van der Waals surface area contributed by atoms with E-state index in [9.17, 15) is 0 Å². The van der Waals surface area contributed by atoms with Gasteiger partial charge in [-0.3, -0.25) is 0 Å². The summed E-state index contributed by atoms with van der Waals surface area (Å²) in [6, 6.07) is 7.66. The van der Waals surface area contributed by atoms with Crippen molar-refractivity contribution >= 4 is 31.4 Å². The van der Waals surface area contributed by atoms with Crippen molar-refractivity contribution in [3.63, 3.8) is 0 Å². The van der Waals surface area contributed by atoms with Crippen LogP contribution in [-0.2, 0) is 18.6 Å². The smallest absolute Gasteiger partial charge is 0.437 e. The molecule has 2 aliphatic heterocycles. The number of hydrogen-bond acceptors (Lipinski definition) is 6. The Balaban J connectivity index is 1.76. The first-order valence-electron chi connectivity index (χ1n) is 10.1. The van der Waals surface area contributed by atoms with Crippen LogP contribution in [0.4, 0.5) is 0 Å². The maximum atomic E-state index is 6.30. The van der Waals surface area contributed by atoms with Crippen molar-refractivity contribution in [3.05, 3.63) is 35.5 Å². The molecule has 0 aliphatic carbocycles. The molecule has 4 rings (SSSR count). The van der Waals surface area contributed by atoms with Crippen molar-refractivity contribution < 1.29 is 23.0 Å². The van der Waals surface area contributed by atoms with Crippen LogP contribution in [0, 0.1) is 0 Å². The maximum absolute atomic E-state index is 6.30. The van der Waals surface area contributed by atoms with Gasteiger partial charge >= 0.3 is 14.2 Å². The molecule has 2 fully saturated rings. The van der Waals surface area contributed by atoms with E-state index in [4.69, 9.17) is 23.0 Å². The average Bonchev–Trinajstić information content (AvgIpc) is 3.15. The van der Waals surface area contributed by atoms with Gasteiger partial charge in [0, 0.05) is 0 Å². The Hall–Kier alpha value is -1.60. The summed E-state index contributed by atoms with van der Waals surface area (Å²) in [5, 5.41) is 0.703. The second-order valence-electron chi connectivity index (χ2n) is 9.84. The lowest BCUT2D eigenvalue weighted by atomic mass is 9.57. The molecule has 2 saturated heterocycles. The molecule has 0 amide bonds. The van der Waals surface area contributed by atoms with Gasteiger partial charge in [-0.25, -0.2) is 4.98 Å². The molecular weight excluding hydrogens is 368 g/mol. The molecule has 0 unspecified atom stereocenters. The first-order valence-corrected chi connectivity index (χ1v) is 10.1. The Morgan fingerprint density at radius 1 is 0.759 bits per heavy atom. The van der Waals surface area contributed by atoms with E-state index in [1.165, 1.54) is 0 Å². The van der Waals surface area contributed by atoms with Gasteiger partial charge in [0.25, 0.3) is 0 Å². The maximum Gasteiger partial charge on any atom is 0.486 e. The highest BCUT2D eigenvalue weighted by Crippen LogP contribution is 2.43. The summed E-state index contributed by atoms with van der Waals surface area (Å²) in [5.41, 5.74) is -0.422. The number of para-hydroxylation sites is 2. The van der Waals surface area contributed by atoms with E-state index in [2.05, 4.69) is 4.98 Å². The lowest BCUT2D eigenvalue weighted by molar-refractivity contribution is 0.00578. The minimum absolute atomic E-state index is 0.464. The fourth-order valence-corrected chi connectivity index (χ4v) is 3.30. The zero-order valence-corrected chi connectivity index (χ0v) is 18.5. The Labute approximate surface area is 173 Å². The topological polar surface area (TPSA) is 63.0 Å². The van der Waals surface area contributed by atoms with Crippen molar-refractivity contribution in [1.82, 2.24) is 4.98 Å². The Morgan fingerprint density at radius 3 is 1.66 bits per heavy atom. The molecule has 29 heavy (non-hydrogen) atoms. The lowest BCUT2D eigenvalue weighted by Gasteiger charge is -2.32. The number of oxazole rings is 1. The van der Waals surface area contributed by atoms with Crippen LogP contribution >= 0.6 is 0 Å². The van der Waals surface area contributed by atoms with Gasteiger partial charge in [0.05, 0.1) is 22.4 Å². The SMILES string of the molecule is CC1(C)OB(C(=Cc2nc3ccccc3o2)B2OC(C)(C)C(C)(C)O2)OC1(C)C. The highest BCUT2D eigenvalue weighted by Gasteiger charge is 2.59. The third kappa shape index (κ3) is 3.46. The normalized spacial score (nSPS) is 24.3. The van der Waals surface area contributed by atoms with Crippen LogP contribution in [-0.4, -0.2) is 41.6 Å². The van der Waals surface area contributed by atoms with Crippen molar-refractivity contribution in [2.24, 2.45) is 0 Å². The van der Waals surface area contributed by atoms with Crippen LogP contribution in [0.25, 0.3) is 17.2 Å². The molecule has 154 valence electrons. The molecule has 0 N–H and O–H groups in total. The molecular formula is C21H29B2NO5. The summed E-state index contributed by atoms with van der Waals surface area (Å²) in [6.45, 7) is 16.2. The molecule has 3 heterocycles. The zero-order chi connectivity index (χ0) is 21.2. The highest BCUT2D eigenvalue weighted by molar-refractivity contribution is 6.79. The number of benzene rings is 1. The van der Waals surface area contributed by atoms with E-state index >= 15 is 0 Å². The molecule has 1 aromatic carbocycles. The summed E-state index contributed by atoms with van der Waals surface area (Å²) in [5.74, 6) is 0.464. The first-order chi connectivity index (χ1) is 13.3. The fourth-order valence-electron chi connectivity index (χ4n) is 3.30. The van der Waals surface area contributed by atoms with E-state index in [0.29, 0.717) is 11.3 Å². The molecule has 8 heteroatoms. The molecule has 2 aliphatic rings. The van der Waals surface area contributed by atoms with Crippen molar-refractivity contribution in [1.29, 1.82) is 0 Å². The second kappa shape index (κ2) is 6.45. The Bertz CT molecular complexity index is 860. The molecule has 6 nitrogen and oxygen atoms in total. The average molecular weight is 397 g/mol. The van der Waals surface area contributed by atoms with E-state index in [-0.39, 0.29) is 0 Å². The van der Waals surface area contributed by atoms with Gasteiger partial charge in [-0.2, -0.15) is 0 Å². The third-order valence-electron chi connectivity index (χ3n) is 6.65.